The number of rotatable bonds is 8. The highest BCUT2D eigenvalue weighted by atomic mass is 35.5. The van der Waals surface area contributed by atoms with E-state index in [2.05, 4.69) is 35.9 Å². The first-order valence-corrected chi connectivity index (χ1v) is 17.4. The number of nitrogens with one attached hydrogen (secondary N) is 1. The molecule has 2 aliphatic heterocycles. The summed E-state index contributed by atoms with van der Waals surface area (Å²) in [6.07, 6.45) is -0.404. The number of hydrogen-bond acceptors (Lipinski definition) is 6. The highest BCUT2D eigenvalue weighted by Gasteiger charge is 2.47. The van der Waals surface area contributed by atoms with Gasteiger partial charge in [0.15, 0.2) is 0 Å². The van der Waals surface area contributed by atoms with E-state index in [0.29, 0.717) is 32.2 Å². The van der Waals surface area contributed by atoms with Gasteiger partial charge in [0.05, 0.1) is 13.1 Å². The van der Waals surface area contributed by atoms with Gasteiger partial charge >= 0.3 is 6.09 Å². The molecular weight excluding hydrogens is 718 g/mol. The molecule has 0 unspecified atom stereocenters. The van der Waals surface area contributed by atoms with Gasteiger partial charge in [0.25, 0.3) is 0 Å². The molecule has 4 aromatic carbocycles. The summed E-state index contributed by atoms with van der Waals surface area (Å²) < 4.78 is 5.15. The smallest absolute Gasteiger partial charge is 0.418 e. The molecule has 0 bridgehead atoms. The number of ether oxygens (including phenoxy) is 1. The van der Waals surface area contributed by atoms with Crippen molar-refractivity contribution in [3.05, 3.63) is 152 Å². The van der Waals surface area contributed by atoms with Crippen LogP contribution in [0.5, 0.6) is 0 Å². The molecule has 50 heavy (non-hydrogen) atoms. The maximum absolute atomic E-state index is 12.8. The van der Waals surface area contributed by atoms with E-state index < -0.39 is 12.3 Å². The third kappa shape index (κ3) is 8.18. The van der Waals surface area contributed by atoms with Crippen LogP contribution in [0.3, 0.4) is 0 Å². The molecule has 0 aliphatic carbocycles. The average Bonchev–Trinajstić information content (AvgIpc) is 3.66. The molecule has 4 aromatic rings. The second kappa shape index (κ2) is 16.9. The average molecular weight is 755 g/mol. The lowest BCUT2D eigenvalue weighted by atomic mass is 10.0. The van der Waals surface area contributed by atoms with Gasteiger partial charge < -0.3 is 10.1 Å². The molecule has 3 amide bonds. The van der Waals surface area contributed by atoms with Crippen molar-refractivity contribution in [1.29, 1.82) is 0 Å². The van der Waals surface area contributed by atoms with Crippen LogP contribution in [0, 0.1) is 0 Å². The molecule has 2 heterocycles. The van der Waals surface area contributed by atoms with Crippen molar-refractivity contribution in [2.75, 3.05) is 19.7 Å². The van der Waals surface area contributed by atoms with Crippen molar-refractivity contribution >= 4 is 64.3 Å². The van der Waals surface area contributed by atoms with Gasteiger partial charge in [-0.25, -0.2) is 9.69 Å². The Hall–Kier alpha value is -3.89. The summed E-state index contributed by atoms with van der Waals surface area (Å²) in [6, 6.07) is 30.2. The molecule has 6 rings (SSSR count). The van der Waals surface area contributed by atoms with E-state index >= 15 is 0 Å². The number of imide groups is 1. The molecule has 12 heteroatoms. The number of nitrogens with zero attached hydrogens (tertiary/aromatic N) is 3. The summed E-state index contributed by atoms with van der Waals surface area (Å²) in [5.41, 5.74) is 3.39. The van der Waals surface area contributed by atoms with E-state index in [0.717, 1.165) is 21.6 Å². The van der Waals surface area contributed by atoms with Gasteiger partial charge in [0.2, 0.25) is 11.8 Å². The highest BCUT2D eigenvalue weighted by Crippen LogP contribution is 2.43. The molecular formula is C38H36Cl4N4O4. The zero-order chi connectivity index (χ0) is 35.9. The summed E-state index contributed by atoms with van der Waals surface area (Å²) in [5.74, 6) is -0.401. The number of carbonyl (C=O) groups excluding carboxylic acids is 3. The van der Waals surface area contributed by atoms with Gasteiger partial charge in [-0.1, -0.05) is 132 Å². The van der Waals surface area contributed by atoms with Gasteiger partial charge in [-0.2, -0.15) is 0 Å². The van der Waals surface area contributed by atoms with E-state index in [4.69, 9.17) is 51.1 Å². The Bertz CT molecular complexity index is 1810. The van der Waals surface area contributed by atoms with E-state index in [-0.39, 0.29) is 43.2 Å². The number of halogens is 4. The van der Waals surface area contributed by atoms with Gasteiger partial charge in [-0.15, -0.1) is 0 Å². The quantitative estimate of drug-likeness (QED) is 0.181. The molecule has 8 nitrogen and oxygen atoms in total. The summed E-state index contributed by atoms with van der Waals surface area (Å²) in [7, 11) is 0. The summed E-state index contributed by atoms with van der Waals surface area (Å²) in [5, 5.41) is 4.84. The third-order valence-electron chi connectivity index (χ3n) is 8.71. The molecule has 4 atom stereocenters. The number of carbonyl (C=O) groups is 3. The van der Waals surface area contributed by atoms with Crippen LogP contribution in [0.25, 0.3) is 0 Å². The third-order valence-corrected chi connectivity index (χ3v) is 10.0. The van der Waals surface area contributed by atoms with Gasteiger partial charge in [0.1, 0.15) is 18.9 Å². The first kappa shape index (κ1) is 37.4. The zero-order valence-electron chi connectivity index (χ0n) is 27.4. The Morgan fingerprint density at radius 2 is 1.24 bits per heavy atom. The van der Waals surface area contributed by atoms with Crippen LogP contribution in [0.4, 0.5) is 4.79 Å². The van der Waals surface area contributed by atoms with Gasteiger partial charge in [-0.05, 0) is 49.2 Å². The standard InChI is InChI=1S/C21H20Cl2N2O3.C17H16Cl2N2O/c1-3-12-28-21(27)25-18(26)13-24(14(2)15-8-5-4-6-9-15)20(25)19-16(22)10-7-11-17(19)23;1-11(12-6-3-2-4-7-12)21-10-15(22)20-17(21)16-13(18)8-5-9-14(16)19/h3-11,14,20H,1,12-13H2,2H3;2-9,11,17H,10H2,1H3,(H,20,22)/t14-,20-;11-,17+/m11/s1. The number of benzene rings is 4. The Labute approximate surface area is 312 Å². The predicted octanol–water partition coefficient (Wildman–Crippen LogP) is 9.41. The molecule has 0 spiro atoms. The van der Waals surface area contributed by atoms with Crippen molar-refractivity contribution in [3.63, 3.8) is 0 Å². The van der Waals surface area contributed by atoms with E-state index in [1.165, 1.54) is 6.08 Å². The van der Waals surface area contributed by atoms with Crippen LogP contribution >= 0.6 is 46.4 Å². The topological polar surface area (TPSA) is 82.2 Å². The van der Waals surface area contributed by atoms with E-state index in [1.807, 2.05) is 60.4 Å². The Balaban J connectivity index is 0.000000200. The Morgan fingerprint density at radius 3 is 1.74 bits per heavy atom. The van der Waals surface area contributed by atoms with Crippen LogP contribution in [0.1, 0.15) is 60.5 Å². The van der Waals surface area contributed by atoms with Crippen molar-refractivity contribution in [3.8, 4) is 0 Å². The SMILES string of the molecule is C=CCOC(=O)N1C(=O)CN([C@H](C)c2ccccc2)[C@H]1c1c(Cl)cccc1Cl.C[C@H](c1ccccc1)N1CC(=O)N[C@@H]1c1c(Cl)cccc1Cl. The Morgan fingerprint density at radius 1 is 0.760 bits per heavy atom. The van der Waals surface area contributed by atoms with E-state index in [1.54, 1.807) is 36.4 Å². The monoisotopic (exact) mass is 752 g/mol. The fourth-order valence-corrected chi connectivity index (χ4v) is 7.36. The molecule has 0 saturated carbocycles. The first-order chi connectivity index (χ1) is 24.0. The van der Waals surface area contributed by atoms with Gasteiger partial charge in [-0.3, -0.25) is 19.4 Å². The predicted molar refractivity (Wildman–Crippen MR) is 198 cm³/mol. The number of amides is 3. The van der Waals surface area contributed by atoms with Crippen molar-refractivity contribution in [2.45, 2.75) is 38.3 Å². The van der Waals surface area contributed by atoms with Crippen LogP contribution < -0.4 is 5.32 Å². The molecule has 2 aliphatic rings. The minimum atomic E-state index is -0.777. The molecule has 0 radical (unpaired) electrons. The van der Waals surface area contributed by atoms with Crippen molar-refractivity contribution < 1.29 is 19.1 Å². The van der Waals surface area contributed by atoms with Crippen LogP contribution in [-0.2, 0) is 14.3 Å². The van der Waals surface area contributed by atoms with Crippen LogP contribution in [0.15, 0.2) is 110 Å². The maximum atomic E-state index is 12.8. The second-order valence-corrected chi connectivity index (χ2v) is 13.4. The lowest BCUT2D eigenvalue weighted by Crippen LogP contribution is -2.38. The summed E-state index contributed by atoms with van der Waals surface area (Å²) in [4.78, 5) is 42.4. The summed E-state index contributed by atoms with van der Waals surface area (Å²) >= 11 is 25.5. The molecule has 2 fully saturated rings. The largest absolute Gasteiger partial charge is 0.445 e. The lowest BCUT2D eigenvalue weighted by Gasteiger charge is -2.33. The highest BCUT2D eigenvalue weighted by molar-refractivity contribution is 6.36. The fraction of sp³-hybridized carbons (Fsp3) is 0.237. The van der Waals surface area contributed by atoms with E-state index in [9.17, 15) is 14.4 Å². The van der Waals surface area contributed by atoms with Gasteiger partial charge in [0, 0.05) is 43.3 Å². The molecule has 0 aromatic heterocycles. The Kier molecular flexibility index (Phi) is 12.6. The van der Waals surface area contributed by atoms with Crippen molar-refractivity contribution in [1.82, 2.24) is 20.0 Å². The minimum absolute atomic E-state index is 0.000172. The molecule has 260 valence electrons. The van der Waals surface area contributed by atoms with Crippen LogP contribution in [0.2, 0.25) is 20.1 Å². The fourth-order valence-electron chi connectivity index (χ4n) is 6.16. The zero-order valence-corrected chi connectivity index (χ0v) is 30.5. The maximum Gasteiger partial charge on any atom is 0.418 e. The first-order valence-electron chi connectivity index (χ1n) is 15.9. The van der Waals surface area contributed by atoms with Crippen molar-refractivity contribution in [2.24, 2.45) is 0 Å². The lowest BCUT2D eigenvalue weighted by molar-refractivity contribution is -0.126. The molecule has 2 saturated heterocycles. The normalized spacial score (nSPS) is 19.0. The number of hydrogen-bond donors (Lipinski definition) is 1. The van der Waals surface area contributed by atoms with Crippen LogP contribution in [-0.4, -0.2) is 52.3 Å². The molecule has 1 N–H and O–H groups in total. The summed E-state index contributed by atoms with van der Waals surface area (Å²) in [6.45, 7) is 7.94. The second-order valence-electron chi connectivity index (χ2n) is 11.8. The minimum Gasteiger partial charge on any atom is -0.445 e.